The molecule has 0 saturated carbocycles. The van der Waals surface area contributed by atoms with Gasteiger partial charge < -0.3 is 5.32 Å². The van der Waals surface area contributed by atoms with Crippen molar-refractivity contribution < 1.29 is 0 Å². The summed E-state index contributed by atoms with van der Waals surface area (Å²) in [5.41, 5.74) is 2.72. The standard InChI is InChI=1S/C19H22N2/c1-3-9-16(10-4-1)18(17-11-5-2-6-12-17)15-19-20-13-7-8-14-21-19/h1-6,9-12,18H,7-8,13-15H2,(H,20,21). The maximum atomic E-state index is 4.72. The first-order valence-corrected chi connectivity index (χ1v) is 7.80. The predicted octanol–water partition coefficient (Wildman–Crippen LogP) is 3.99. The molecule has 2 aromatic carbocycles. The summed E-state index contributed by atoms with van der Waals surface area (Å²) in [5, 5.41) is 3.50. The van der Waals surface area contributed by atoms with E-state index in [0.29, 0.717) is 5.92 Å². The first-order valence-electron chi connectivity index (χ1n) is 7.80. The van der Waals surface area contributed by atoms with Gasteiger partial charge in [-0.05, 0) is 24.0 Å². The molecule has 1 aliphatic rings. The normalized spacial score (nSPS) is 15.2. The summed E-state index contributed by atoms with van der Waals surface area (Å²) in [6.07, 6.45) is 3.36. The van der Waals surface area contributed by atoms with E-state index in [-0.39, 0.29) is 0 Å². The number of nitrogens with zero attached hydrogens (tertiary/aromatic N) is 1. The van der Waals surface area contributed by atoms with Gasteiger partial charge in [0, 0.05) is 25.4 Å². The fraction of sp³-hybridized carbons (Fsp3) is 0.316. The van der Waals surface area contributed by atoms with Gasteiger partial charge in [0.05, 0.1) is 5.84 Å². The Labute approximate surface area is 126 Å². The smallest absolute Gasteiger partial charge is 0.0972 e. The van der Waals surface area contributed by atoms with Crippen molar-refractivity contribution in [2.45, 2.75) is 25.2 Å². The quantitative estimate of drug-likeness (QED) is 0.898. The maximum absolute atomic E-state index is 4.72. The Hall–Kier alpha value is -2.09. The lowest BCUT2D eigenvalue weighted by Gasteiger charge is -2.19. The summed E-state index contributed by atoms with van der Waals surface area (Å²) in [6, 6.07) is 21.5. The van der Waals surface area contributed by atoms with Crippen molar-refractivity contribution in [2.75, 3.05) is 13.1 Å². The molecular weight excluding hydrogens is 256 g/mol. The molecule has 0 saturated heterocycles. The highest BCUT2D eigenvalue weighted by atomic mass is 15.0. The Morgan fingerprint density at radius 1 is 0.857 bits per heavy atom. The van der Waals surface area contributed by atoms with Crippen LogP contribution in [0.1, 0.15) is 36.3 Å². The Bertz CT molecular complexity index is 536. The first kappa shape index (κ1) is 13.9. The number of hydrogen-bond donors (Lipinski definition) is 1. The molecule has 108 valence electrons. The van der Waals surface area contributed by atoms with E-state index in [4.69, 9.17) is 4.99 Å². The molecule has 0 radical (unpaired) electrons. The van der Waals surface area contributed by atoms with E-state index in [1.54, 1.807) is 0 Å². The third kappa shape index (κ3) is 3.72. The van der Waals surface area contributed by atoms with Crippen molar-refractivity contribution in [2.24, 2.45) is 4.99 Å². The summed E-state index contributed by atoms with van der Waals surface area (Å²) in [7, 11) is 0. The highest BCUT2D eigenvalue weighted by Gasteiger charge is 2.17. The molecule has 0 fully saturated rings. The second-order valence-electron chi connectivity index (χ2n) is 5.54. The molecule has 0 bridgehead atoms. The molecule has 0 aliphatic carbocycles. The number of amidine groups is 1. The van der Waals surface area contributed by atoms with Crippen molar-refractivity contribution in [3.05, 3.63) is 71.8 Å². The topological polar surface area (TPSA) is 24.4 Å². The van der Waals surface area contributed by atoms with Gasteiger partial charge in [0.15, 0.2) is 0 Å². The lowest BCUT2D eigenvalue weighted by Crippen LogP contribution is -2.25. The molecule has 0 unspecified atom stereocenters. The number of rotatable bonds is 4. The number of benzene rings is 2. The zero-order valence-electron chi connectivity index (χ0n) is 12.3. The minimum Gasteiger partial charge on any atom is -0.374 e. The highest BCUT2D eigenvalue weighted by Crippen LogP contribution is 2.28. The van der Waals surface area contributed by atoms with Gasteiger partial charge in [0.1, 0.15) is 0 Å². The monoisotopic (exact) mass is 278 g/mol. The zero-order chi connectivity index (χ0) is 14.3. The second kappa shape index (κ2) is 7.07. The molecule has 3 rings (SSSR count). The molecule has 1 heterocycles. The summed E-state index contributed by atoms with van der Waals surface area (Å²) < 4.78 is 0. The average molecular weight is 278 g/mol. The van der Waals surface area contributed by atoms with E-state index in [9.17, 15) is 0 Å². The van der Waals surface area contributed by atoms with Crippen LogP contribution >= 0.6 is 0 Å². The molecule has 0 aromatic heterocycles. The fourth-order valence-corrected chi connectivity index (χ4v) is 2.87. The van der Waals surface area contributed by atoms with E-state index >= 15 is 0 Å². The first-order chi connectivity index (χ1) is 10.4. The van der Waals surface area contributed by atoms with Crippen molar-refractivity contribution >= 4 is 5.84 Å². The minimum atomic E-state index is 0.372. The second-order valence-corrected chi connectivity index (χ2v) is 5.54. The Balaban J connectivity index is 1.87. The highest BCUT2D eigenvalue weighted by molar-refractivity contribution is 5.83. The van der Waals surface area contributed by atoms with Gasteiger partial charge in [-0.3, -0.25) is 4.99 Å². The van der Waals surface area contributed by atoms with Crippen LogP contribution in [-0.4, -0.2) is 18.9 Å². The summed E-state index contributed by atoms with van der Waals surface area (Å²) >= 11 is 0. The van der Waals surface area contributed by atoms with Crippen LogP contribution in [0.4, 0.5) is 0 Å². The van der Waals surface area contributed by atoms with Crippen molar-refractivity contribution in [1.29, 1.82) is 0 Å². The fourth-order valence-electron chi connectivity index (χ4n) is 2.87. The van der Waals surface area contributed by atoms with Gasteiger partial charge in [-0.15, -0.1) is 0 Å². The van der Waals surface area contributed by atoms with Crippen LogP contribution in [0.2, 0.25) is 0 Å². The van der Waals surface area contributed by atoms with Gasteiger partial charge in [-0.25, -0.2) is 0 Å². The number of hydrogen-bond acceptors (Lipinski definition) is 2. The van der Waals surface area contributed by atoms with Crippen LogP contribution in [0.5, 0.6) is 0 Å². The van der Waals surface area contributed by atoms with Gasteiger partial charge in [-0.1, -0.05) is 60.7 Å². The predicted molar refractivity (Wildman–Crippen MR) is 88.9 cm³/mol. The maximum Gasteiger partial charge on any atom is 0.0972 e. The summed E-state index contributed by atoms with van der Waals surface area (Å²) in [4.78, 5) is 4.72. The largest absolute Gasteiger partial charge is 0.374 e. The van der Waals surface area contributed by atoms with Crippen LogP contribution in [0.15, 0.2) is 65.7 Å². The third-order valence-corrected chi connectivity index (χ3v) is 4.02. The van der Waals surface area contributed by atoms with Gasteiger partial charge >= 0.3 is 0 Å². The summed E-state index contributed by atoms with van der Waals surface area (Å²) in [6.45, 7) is 2.01. The minimum absolute atomic E-state index is 0.372. The molecule has 0 spiro atoms. The van der Waals surface area contributed by atoms with Gasteiger partial charge in [0.25, 0.3) is 0 Å². The van der Waals surface area contributed by atoms with E-state index in [1.165, 1.54) is 24.0 Å². The third-order valence-electron chi connectivity index (χ3n) is 4.02. The SMILES string of the molecule is c1ccc(C(CC2=NCCCCN2)c2ccccc2)cc1. The van der Waals surface area contributed by atoms with Crippen molar-refractivity contribution in [3.63, 3.8) is 0 Å². The van der Waals surface area contributed by atoms with E-state index in [1.807, 2.05) is 0 Å². The Kier molecular flexibility index (Phi) is 4.67. The summed E-state index contributed by atoms with van der Waals surface area (Å²) in [5.74, 6) is 1.53. The number of nitrogens with one attached hydrogen (secondary N) is 1. The van der Waals surface area contributed by atoms with Crippen LogP contribution in [-0.2, 0) is 0 Å². The molecule has 2 nitrogen and oxygen atoms in total. The van der Waals surface area contributed by atoms with E-state index < -0.39 is 0 Å². The van der Waals surface area contributed by atoms with Crippen molar-refractivity contribution in [3.8, 4) is 0 Å². The van der Waals surface area contributed by atoms with Gasteiger partial charge in [0.2, 0.25) is 0 Å². The Morgan fingerprint density at radius 2 is 1.48 bits per heavy atom. The molecule has 0 amide bonds. The van der Waals surface area contributed by atoms with E-state index in [0.717, 1.165) is 25.3 Å². The molecule has 21 heavy (non-hydrogen) atoms. The van der Waals surface area contributed by atoms with E-state index in [2.05, 4.69) is 66.0 Å². The van der Waals surface area contributed by atoms with Gasteiger partial charge in [-0.2, -0.15) is 0 Å². The molecular formula is C19H22N2. The molecule has 2 heteroatoms. The molecule has 1 N–H and O–H groups in total. The number of aliphatic imine (C=N–C) groups is 1. The lowest BCUT2D eigenvalue weighted by molar-refractivity contribution is 0.743. The van der Waals surface area contributed by atoms with Crippen molar-refractivity contribution in [1.82, 2.24) is 5.32 Å². The lowest BCUT2D eigenvalue weighted by atomic mass is 9.88. The Morgan fingerprint density at radius 3 is 2.10 bits per heavy atom. The average Bonchev–Trinajstić information content (AvgIpc) is 2.83. The molecule has 0 atom stereocenters. The molecule has 2 aromatic rings. The molecule has 1 aliphatic heterocycles. The van der Waals surface area contributed by atoms with Crippen LogP contribution in [0.25, 0.3) is 0 Å². The zero-order valence-corrected chi connectivity index (χ0v) is 12.3. The van der Waals surface area contributed by atoms with Crippen LogP contribution < -0.4 is 5.32 Å². The van der Waals surface area contributed by atoms with Crippen LogP contribution in [0.3, 0.4) is 0 Å². The van der Waals surface area contributed by atoms with Crippen LogP contribution in [0, 0.1) is 0 Å².